The van der Waals surface area contributed by atoms with Crippen molar-refractivity contribution in [1.82, 2.24) is 0 Å². The van der Waals surface area contributed by atoms with Crippen LogP contribution in [0.2, 0.25) is 0 Å². The molecular weight excluding hydrogens is 255 g/mol. The highest BCUT2D eigenvalue weighted by Gasteiger charge is 2.10. The number of carbonyl (C=O) groups is 1. The number of phenols is 1. The van der Waals surface area contributed by atoms with Crippen molar-refractivity contribution in [3.8, 4) is 5.75 Å². The van der Waals surface area contributed by atoms with Gasteiger partial charge in [0.05, 0.1) is 5.56 Å². The molecule has 1 rings (SSSR count). The zero-order chi connectivity index (χ0) is 9.84. The molecule has 70 valence electrons. The lowest BCUT2D eigenvalue weighted by Gasteiger charge is -2.02. The third kappa shape index (κ3) is 2.71. The zero-order valence-corrected chi connectivity index (χ0v) is 9.10. The number of carbonyl (C=O) groups excluding carboxylic acids is 1. The Balaban J connectivity index is 2.99. The molecule has 0 spiro atoms. The molecule has 0 aliphatic rings. The molecule has 1 aromatic rings. The predicted molar refractivity (Wildman–Crippen MR) is 55.5 cm³/mol. The van der Waals surface area contributed by atoms with Crippen LogP contribution in [0.15, 0.2) is 22.7 Å². The molecule has 0 amide bonds. The molecule has 0 radical (unpaired) electrons. The van der Waals surface area contributed by atoms with Gasteiger partial charge >= 0.3 is 0 Å². The van der Waals surface area contributed by atoms with E-state index in [0.29, 0.717) is 5.56 Å². The van der Waals surface area contributed by atoms with Crippen LogP contribution >= 0.6 is 27.5 Å². The number of ketones is 1. The smallest absolute Gasteiger partial charge is 0.167 e. The largest absolute Gasteiger partial charge is 0.507 e. The Morgan fingerprint density at radius 1 is 1.54 bits per heavy atom. The van der Waals surface area contributed by atoms with Gasteiger partial charge in [0.25, 0.3) is 0 Å². The summed E-state index contributed by atoms with van der Waals surface area (Å²) >= 11 is 8.64. The molecule has 4 heteroatoms. The van der Waals surface area contributed by atoms with Crippen molar-refractivity contribution in [2.24, 2.45) is 0 Å². The molecule has 0 heterocycles. The van der Waals surface area contributed by atoms with Gasteiger partial charge in [-0.15, -0.1) is 11.6 Å². The SMILES string of the molecule is O=C(CCCl)c1cc(Br)ccc1O. The minimum Gasteiger partial charge on any atom is -0.507 e. The number of aromatic hydroxyl groups is 1. The van der Waals surface area contributed by atoms with E-state index in [4.69, 9.17) is 11.6 Å². The summed E-state index contributed by atoms with van der Waals surface area (Å²) in [6.45, 7) is 0. The van der Waals surface area contributed by atoms with Crippen LogP contribution < -0.4 is 0 Å². The Labute approximate surface area is 89.7 Å². The molecule has 0 fully saturated rings. The van der Waals surface area contributed by atoms with Crippen LogP contribution in [0.4, 0.5) is 0 Å². The van der Waals surface area contributed by atoms with Crippen molar-refractivity contribution in [2.45, 2.75) is 6.42 Å². The Hall–Kier alpha value is -0.540. The van der Waals surface area contributed by atoms with Crippen LogP contribution in [-0.2, 0) is 0 Å². The quantitative estimate of drug-likeness (QED) is 0.672. The molecule has 0 aromatic heterocycles. The lowest BCUT2D eigenvalue weighted by molar-refractivity contribution is 0.0986. The number of hydrogen-bond donors (Lipinski definition) is 1. The molecule has 0 atom stereocenters. The molecule has 1 N–H and O–H groups in total. The summed E-state index contributed by atoms with van der Waals surface area (Å²) in [6, 6.07) is 4.74. The second-order valence-corrected chi connectivity index (χ2v) is 3.82. The summed E-state index contributed by atoms with van der Waals surface area (Å²) < 4.78 is 0.767. The van der Waals surface area contributed by atoms with Gasteiger partial charge in [-0.05, 0) is 18.2 Å². The van der Waals surface area contributed by atoms with Crippen LogP contribution in [0.5, 0.6) is 5.75 Å². The first kappa shape index (κ1) is 10.5. The number of rotatable bonds is 3. The van der Waals surface area contributed by atoms with E-state index in [-0.39, 0.29) is 23.8 Å². The summed E-state index contributed by atoms with van der Waals surface area (Å²) in [5, 5.41) is 9.35. The van der Waals surface area contributed by atoms with Crippen LogP contribution in [0.1, 0.15) is 16.8 Å². The Morgan fingerprint density at radius 3 is 2.85 bits per heavy atom. The molecular formula is C9H8BrClO2. The number of halogens is 2. The maximum atomic E-state index is 11.4. The zero-order valence-electron chi connectivity index (χ0n) is 6.76. The van der Waals surface area contributed by atoms with Crippen molar-refractivity contribution in [3.63, 3.8) is 0 Å². The summed E-state index contributed by atoms with van der Waals surface area (Å²) in [7, 11) is 0. The summed E-state index contributed by atoms with van der Waals surface area (Å²) in [6.07, 6.45) is 0.242. The lowest BCUT2D eigenvalue weighted by atomic mass is 10.1. The van der Waals surface area contributed by atoms with Gasteiger partial charge in [0.15, 0.2) is 5.78 Å². The second-order valence-electron chi connectivity index (χ2n) is 2.52. The fourth-order valence-electron chi connectivity index (χ4n) is 0.952. The monoisotopic (exact) mass is 262 g/mol. The summed E-state index contributed by atoms with van der Waals surface area (Å²) in [5.41, 5.74) is 0.315. The molecule has 2 nitrogen and oxygen atoms in total. The van der Waals surface area contributed by atoms with Gasteiger partial charge in [0.1, 0.15) is 5.75 Å². The highest BCUT2D eigenvalue weighted by molar-refractivity contribution is 9.10. The van der Waals surface area contributed by atoms with Crippen LogP contribution in [0.3, 0.4) is 0 Å². The molecule has 0 saturated heterocycles. The molecule has 13 heavy (non-hydrogen) atoms. The first-order chi connectivity index (χ1) is 6.15. The Kier molecular flexibility index (Phi) is 3.75. The standard InChI is InChI=1S/C9H8BrClO2/c10-6-1-2-8(12)7(5-6)9(13)3-4-11/h1-2,5,12H,3-4H2. The highest BCUT2D eigenvalue weighted by atomic mass is 79.9. The fourth-order valence-corrected chi connectivity index (χ4v) is 1.48. The molecule has 0 unspecified atom stereocenters. The molecule has 0 aliphatic heterocycles. The van der Waals surface area contributed by atoms with Gasteiger partial charge in [-0.25, -0.2) is 0 Å². The van der Waals surface area contributed by atoms with Crippen molar-refractivity contribution in [2.75, 3.05) is 5.88 Å². The van der Waals surface area contributed by atoms with Gasteiger partial charge < -0.3 is 5.11 Å². The van der Waals surface area contributed by atoms with Crippen molar-refractivity contribution in [1.29, 1.82) is 0 Å². The average Bonchev–Trinajstić information content (AvgIpc) is 2.09. The predicted octanol–water partition coefficient (Wildman–Crippen LogP) is 2.97. The number of phenolic OH excluding ortho intramolecular Hbond substituents is 1. The number of Topliss-reactive ketones (excluding diaryl/α,β-unsaturated/α-hetero) is 1. The lowest BCUT2D eigenvalue weighted by Crippen LogP contribution is -1.99. The van der Waals surface area contributed by atoms with Crippen LogP contribution in [0.25, 0.3) is 0 Å². The third-order valence-corrected chi connectivity index (χ3v) is 2.26. The molecule has 0 saturated carbocycles. The van der Waals surface area contributed by atoms with Gasteiger partial charge in [0.2, 0.25) is 0 Å². The molecule has 1 aromatic carbocycles. The minimum absolute atomic E-state index is 0.00156. The number of benzene rings is 1. The number of hydrogen-bond acceptors (Lipinski definition) is 2. The first-order valence-corrected chi connectivity index (χ1v) is 5.05. The van der Waals surface area contributed by atoms with Gasteiger partial charge in [-0.2, -0.15) is 0 Å². The van der Waals surface area contributed by atoms with E-state index in [1.54, 1.807) is 12.1 Å². The third-order valence-electron chi connectivity index (χ3n) is 1.58. The second kappa shape index (κ2) is 4.63. The van der Waals surface area contributed by atoms with E-state index < -0.39 is 0 Å². The summed E-state index contributed by atoms with van der Waals surface area (Å²) in [4.78, 5) is 11.4. The minimum atomic E-state index is -0.145. The maximum Gasteiger partial charge on any atom is 0.167 e. The molecule has 0 bridgehead atoms. The maximum absolute atomic E-state index is 11.4. The summed E-state index contributed by atoms with van der Waals surface area (Å²) in [5.74, 6) is 0.122. The number of alkyl halides is 1. The van der Waals surface area contributed by atoms with Crippen molar-refractivity contribution in [3.05, 3.63) is 28.2 Å². The first-order valence-electron chi connectivity index (χ1n) is 3.73. The van der Waals surface area contributed by atoms with Crippen LogP contribution in [-0.4, -0.2) is 16.8 Å². The van der Waals surface area contributed by atoms with Gasteiger partial charge in [-0.3, -0.25) is 4.79 Å². The van der Waals surface area contributed by atoms with E-state index in [9.17, 15) is 9.90 Å². The van der Waals surface area contributed by atoms with Crippen molar-refractivity contribution < 1.29 is 9.90 Å². The molecule has 0 aliphatic carbocycles. The normalized spacial score (nSPS) is 10.0. The Morgan fingerprint density at radius 2 is 2.23 bits per heavy atom. The van der Waals surface area contributed by atoms with Gasteiger partial charge in [-0.1, -0.05) is 15.9 Å². The Bertz CT molecular complexity index is 325. The van der Waals surface area contributed by atoms with E-state index in [1.165, 1.54) is 6.07 Å². The van der Waals surface area contributed by atoms with E-state index in [0.717, 1.165) is 4.47 Å². The fraction of sp³-hybridized carbons (Fsp3) is 0.222. The van der Waals surface area contributed by atoms with Crippen molar-refractivity contribution >= 4 is 33.3 Å². The van der Waals surface area contributed by atoms with E-state index in [2.05, 4.69) is 15.9 Å². The van der Waals surface area contributed by atoms with Crippen LogP contribution in [0, 0.1) is 0 Å². The van der Waals surface area contributed by atoms with E-state index >= 15 is 0 Å². The topological polar surface area (TPSA) is 37.3 Å². The highest BCUT2D eigenvalue weighted by Crippen LogP contribution is 2.23. The van der Waals surface area contributed by atoms with E-state index in [1.807, 2.05) is 0 Å². The van der Waals surface area contributed by atoms with Gasteiger partial charge in [0, 0.05) is 16.8 Å². The average molecular weight is 264 g/mol.